The molecule has 2 unspecified atom stereocenters. The van der Waals surface area contributed by atoms with Gasteiger partial charge in [-0.05, 0) is 36.0 Å². The third kappa shape index (κ3) is 0.878. The summed E-state index contributed by atoms with van der Waals surface area (Å²) in [4.78, 5) is 0. The van der Waals surface area contributed by atoms with Gasteiger partial charge in [0.05, 0.1) is 0 Å². The molecule has 0 aromatic heterocycles. The molecule has 0 amide bonds. The molecule has 0 aromatic carbocycles. The van der Waals surface area contributed by atoms with Crippen LogP contribution in [0.2, 0.25) is 0 Å². The fourth-order valence-corrected chi connectivity index (χ4v) is 3.80. The third-order valence-corrected chi connectivity index (χ3v) is 4.25. The molecular weight excluding hydrogens is 132 g/mol. The Morgan fingerprint density at radius 1 is 1.18 bits per heavy atom. The summed E-state index contributed by atoms with van der Waals surface area (Å²) in [6, 6.07) is 0. The highest BCUT2D eigenvalue weighted by molar-refractivity contribution is 5.11. The van der Waals surface area contributed by atoms with Crippen molar-refractivity contribution in [3.05, 3.63) is 0 Å². The van der Waals surface area contributed by atoms with Crippen molar-refractivity contribution in [2.45, 2.75) is 46.5 Å². The van der Waals surface area contributed by atoms with Gasteiger partial charge in [0.15, 0.2) is 0 Å². The van der Waals surface area contributed by atoms with E-state index in [0.29, 0.717) is 0 Å². The van der Waals surface area contributed by atoms with Gasteiger partial charge in [0, 0.05) is 0 Å². The summed E-state index contributed by atoms with van der Waals surface area (Å²) in [5.74, 6) is 3.05. The molecule has 2 aliphatic carbocycles. The maximum Gasteiger partial charge on any atom is -0.0235 e. The molecule has 1 spiro atoms. The second kappa shape index (κ2) is 2.24. The predicted molar refractivity (Wildman–Crippen MR) is 48.4 cm³/mol. The lowest BCUT2D eigenvalue weighted by atomic mass is 9.95. The van der Waals surface area contributed by atoms with Crippen LogP contribution in [-0.2, 0) is 0 Å². The minimum atomic E-state index is 0.841. The maximum absolute atomic E-state index is 2.47. The molecule has 2 rings (SSSR count). The molecule has 0 heteroatoms. The first kappa shape index (κ1) is 7.64. The second-order valence-electron chi connectivity index (χ2n) is 5.00. The van der Waals surface area contributed by atoms with Crippen molar-refractivity contribution < 1.29 is 0 Å². The average Bonchev–Trinajstić information content (AvgIpc) is 2.38. The van der Waals surface area contributed by atoms with Crippen LogP contribution in [0.5, 0.6) is 0 Å². The maximum atomic E-state index is 2.47. The molecule has 64 valence electrons. The zero-order valence-corrected chi connectivity index (χ0v) is 8.06. The van der Waals surface area contributed by atoms with Gasteiger partial charge in [0.1, 0.15) is 0 Å². The Labute approximate surface area is 70.4 Å². The summed E-state index contributed by atoms with van der Waals surface area (Å²) in [6.45, 7) is 7.26. The van der Waals surface area contributed by atoms with Crippen LogP contribution in [0.15, 0.2) is 0 Å². The molecular formula is C11H20. The second-order valence-corrected chi connectivity index (χ2v) is 5.00. The lowest BCUT2D eigenvalue weighted by Crippen LogP contribution is -2.01. The Balaban J connectivity index is 2.07. The highest BCUT2D eigenvalue weighted by Crippen LogP contribution is 2.69. The molecule has 2 atom stereocenters. The molecule has 2 aliphatic rings. The van der Waals surface area contributed by atoms with Gasteiger partial charge >= 0.3 is 0 Å². The predicted octanol–water partition coefficient (Wildman–Crippen LogP) is 3.47. The highest BCUT2D eigenvalue weighted by Gasteiger charge is 2.62. The first-order valence-corrected chi connectivity index (χ1v) is 5.18. The largest absolute Gasteiger partial charge is 0.0625 e. The van der Waals surface area contributed by atoms with E-state index >= 15 is 0 Å². The van der Waals surface area contributed by atoms with Crippen molar-refractivity contribution in [3.8, 4) is 0 Å². The van der Waals surface area contributed by atoms with E-state index in [4.69, 9.17) is 0 Å². The summed E-state index contributed by atoms with van der Waals surface area (Å²) in [6.07, 6.45) is 6.09. The Hall–Kier alpha value is 0. The zero-order chi connectivity index (χ0) is 8.06. The molecule has 0 aromatic rings. The van der Waals surface area contributed by atoms with Crippen LogP contribution in [0.4, 0.5) is 0 Å². The lowest BCUT2D eigenvalue weighted by molar-refractivity contribution is 0.399. The van der Waals surface area contributed by atoms with Crippen LogP contribution in [0.25, 0.3) is 0 Å². The van der Waals surface area contributed by atoms with Gasteiger partial charge in [-0.15, -0.1) is 0 Å². The summed E-state index contributed by atoms with van der Waals surface area (Å²) >= 11 is 0. The van der Waals surface area contributed by atoms with Gasteiger partial charge in [0.2, 0.25) is 0 Å². The van der Waals surface area contributed by atoms with Crippen molar-refractivity contribution in [1.82, 2.24) is 0 Å². The van der Waals surface area contributed by atoms with Crippen LogP contribution in [-0.4, -0.2) is 0 Å². The average molecular weight is 152 g/mol. The first-order valence-electron chi connectivity index (χ1n) is 5.18. The Morgan fingerprint density at radius 3 is 2.09 bits per heavy atom. The SMILES string of the molecule is CC(C)C1C(C)C12CCCC2. The van der Waals surface area contributed by atoms with E-state index in [1.54, 1.807) is 0 Å². The molecule has 2 saturated carbocycles. The lowest BCUT2D eigenvalue weighted by Gasteiger charge is -2.09. The molecule has 2 fully saturated rings. The van der Waals surface area contributed by atoms with E-state index in [9.17, 15) is 0 Å². The number of rotatable bonds is 1. The summed E-state index contributed by atoms with van der Waals surface area (Å²) < 4.78 is 0. The van der Waals surface area contributed by atoms with Gasteiger partial charge in [-0.3, -0.25) is 0 Å². The number of hydrogen-bond donors (Lipinski definition) is 0. The fourth-order valence-electron chi connectivity index (χ4n) is 3.80. The zero-order valence-electron chi connectivity index (χ0n) is 8.06. The van der Waals surface area contributed by atoms with Gasteiger partial charge < -0.3 is 0 Å². The molecule has 0 heterocycles. The summed E-state index contributed by atoms with van der Waals surface area (Å²) in [7, 11) is 0. The van der Waals surface area contributed by atoms with E-state index in [1.165, 1.54) is 25.7 Å². The van der Waals surface area contributed by atoms with Crippen LogP contribution in [0, 0.1) is 23.2 Å². The van der Waals surface area contributed by atoms with Crippen LogP contribution in [0.1, 0.15) is 46.5 Å². The standard InChI is InChI=1S/C11H20/c1-8(2)10-9(3)11(10)6-4-5-7-11/h8-10H,4-7H2,1-3H3. The topological polar surface area (TPSA) is 0 Å². The van der Waals surface area contributed by atoms with Crippen molar-refractivity contribution in [1.29, 1.82) is 0 Å². The molecule has 0 aliphatic heterocycles. The molecule has 0 saturated heterocycles. The van der Waals surface area contributed by atoms with E-state index in [-0.39, 0.29) is 0 Å². The Bertz CT molecular complexity index is 151. The minimum Gasteiger partial charge on any atom is -0.0625 e. The van der Waals surface area contributed by atoms with Gasteiger partial charge in [-0.2, -0.15) is 0 Å². The molecule has 0 bridgehead atoms. The first-order chi connectivity index (χ1) is 5.18. The smallest absolute Gasteiger partial charge is 0.0235 e. The van der Waals surface area contributed by atoms with E-state index in [2.05, 4.69) is 20.8 Å². The van der Waals surface area contributed by atoms with E-state index in [1.807, 2.05) is 0 Å². The summed E-state index contributed by atoms with van der Waals surface area (Å²) in [5.41, 5.74) is 0.841. The van der Waals surface area contributed by atoms with Crippen molar-refractivity contribution in [3.63, 3.8) is 0 Å². The minimum absolute atomic E-state index is 0.841. The van der Waals surface area contributed by atoms with E-state index < -0.39 is 0 Å². The molecule has 0 radical (unpaired) electrons. The van der Waals surface area contributed by atoms with Crippen LogP contribution in [0.3, 0.4) is 0 Å². The van der Waals surface area contributed by atoms with E-state index in [0.717, 1.165) is 23.2 Å². The van der Waals surface area contributed by atoms with Gasteiger partial charge in [-0.25, -0.2) is 0 Å². The van der Waals surface area contributed by atoms with Crippen molar-refractivity contribution in [2.75, 3.05) is 0 Å². The molecule has 0 N–H and O–H groups in total. The molecule has 11 heavy (non-hydrogen) atoms. The van der Waals surface area contributed by atoms with Gasteiger partial charge in [0.25, 0.3) is 0 Å². The monoisotopic (exact) mass is 152 g/mol. The van der Waals surface area contributed by atoms with Crippen molar-refractivity contribution >= 4 is 0 Å². The summed E-state index contributed by atoms with van der Waals surface area (Å²) in [5, 5.41) is 0. The van der Waals surface area contributed by atoms with Crippen LogP contribution >= 0.6 is 0 Å². The normalized spacial score (nSPS) is 40.4. The Kier molecular flexibility index (Phi) is 1.56. The fraction of sp³-hybridized carbons (Fsp3) is 1.00. The third-order valence-electron chi connectivity index (χ3n) is 4.25. The highest BCUT2D eigenvalue weighted by atomic mass is 14.7. The van der Waals surface area contributed by atoms with Gasteiger partial charge in [-0.1, -0.05) is 33.6 Å². The van der Waals surface area contributed by atoms with Crippen LogP contribution < -0.4 is 0 Å². The Morgan fingerprint density at radius 2 is 1.73 bits per heavy atom. The quantitative estimate of drug-likeness (QED) is 0.539. The van der Waals surface area contributed by atoms with Crippen molar-refractivity contribution in [2.24, 2.45) is 23.2 Å². The number of hydrogen-bond acceptors (Lipinski definition) is 0. The molecule has 0 nitrogen and oxygen atoms in total.